The van der Waals surface area contributed by atoms with Gasteiger partial charge in [0.15, 0.2) is 0 Å². The molecule has 32 heteroatoms. The van der Waals surface area contributed by atoms with Gasteiger partial charge in [-0.3, -0.25) is 63.7 Å². The molecule has 29 nitrogen and oxygen atoms in total. The third-order valence-corrected chi connectivity index (χ3v) is 16.6. The van der Waals surface area contributed by atoms with Crippen LogP contribution >= 0.6 is 0 Å². The number of carbonyl (C=O) groups is 4. The van der Waals surface area contributed by atoms with Gasteiger partial charge in [-0.2, -0.15) is 0 Å². The number of sulfonamides is 3. The van der Waals surface area contributed by atoms with E-state index in [0.29, 0.717) is 33.8 Å². The number of aromatic nitrogens is 3. The van der Waals surface area contributed by atoms with Gasteiger partial charge in [-0.05, 0) is 147 Å². The van der Waals surface area contributed by atoms with Gasteiger partial charge in [-0.1, -0.05) is 36.4 Å². The molecule has 0 saturated heterocycles. The van der Waals surface area contributed by atoms with Gasteiger partial charge in [0, 0.05) is 103 Å². The van der Waals surface area contributed by atoms with Crippen LogP contribution in [-0.4, -0.2) is 98.1 Å². The molecule has 3 heterocycles. The van der Waals surface area contributed by atoms with Crippen LogP contribution in [0, 0.1) is 51.1 Å². The third kappa shape index (κ3) is 20.1. The normalized spacial score (nSPS) is 10.7. The van der Waals surface area contributed by atoms with Crippen LogP contribution in [0.5, 0.6) is 0 Å². The largest absolute Gasteiger partial charge is 0.351 e. The summed E-state index contributed by atoms with van der Waals surface area (Å²) in [5, 5.41) is 39.9. The number of non-ortho nitro benzene ring substituents is 3. The number of nitro benzene ring substituents is 3. The predicted molar refractivity (Wildman–Crippen MR) is 342 cm³/mol. The Morgan fingerprint density at radius 2 is 0.641 bits per heavy atom. The molecule has 6 N–H and O–H groups in total. The Balaban J connectivity index is 0.000000211. The molecule has 9 rings (SSSR count). The Morgan fingerprint density at radius 3 is 0.837 bits per heavy atom. The highest BCUT2D eigenvalue weighted by Crippen LogP contribution is 2.26. The van der Waals surface area contributed by atoms with Crippen LogP contribution in [0.25, 0.3) is 0 Å². The summed E-state index contributed by atoms with van der Waals surface area (Å²) in [6.45, 7) is 4.85. The fourth-order valence-corrected chi connectivity index (χ4v) is 11.4. The lowest BCUT2D eigenvalue weighted by molar-refractivity contribution is -0.385. The van der Waals surface area contributed by atoms with Crippen molar-refractivity contribution < 1.29 is 59.2 Å². The Labute approximate surface area is 526 Å². The van der Waals surface area contributed by atoms with E-state index in [1.165, 1.54) is 169 Å². The second kappa shape index (κ2) is 31.3. The maximum Gasteiger partial charge on any atom is 0.269 e. The maximum absolute atomic E-state index is 12.7. The maximum atomic E-state index is 12.7. The lowest BCUT2D eigenvalue weighted by atomic mass is 10.1. The zero-order valence-electron chi connectivity index (χ0n) is 49.0. The van der Waals surface area contributed by atoms with Gasteiger partial charge in [0.2, 0.25) is 6.41 Å². The van der Waals surface area contributed by atoms with Crippen LogP contribution in [0.2, 0.25) is 0 Å². The van der Waals surface area contributed by atoms with Gasteiger partial charge < -0.3 is 20.9 Å². The smallest absolute Gasteiger partial charge is 0.269 e. The molecule has 92 heavy (non-hydrogen) atoms. The number of nitrogens with one attached hydrogen (secondary N) is 6. The number of nitro groups is 3. The van der Waals surface area contributed by atoms with Crippen LogP contribution in [-0.2, 0) is 34.9 Å². The summed E-state index contributed by atoms with van der Waals surface area (Å²) in [7, 11) is -8.49. The number of rotatable bonds is 19. The molecule has 0 aliphatic heterocycles. The molecule has 0 spiro atoms. The molecule has 0 radical (unpaired) electrons. The SMILES string of the molecule is CN(C)C=O.Cc1ccc(C(=O)Nc2ccc([N+](=O)[O-])cc2)cc1S(=O)(=O)Nc1ccccn1.Cc1ccc(C(=O)Nc2ccc([N+](=O)[O-])cc2)cc1S(=O)(=O)Nc1ccccn1.Cc1ccc(C(=O)Nc2ccc([N+](=O)[O-])cc2)cc1S(=O)(=O)Nc1ccccn1. The summed E-state index contributed by atoms with van der Waals surface area (Å²) >= 11 is 0. The van der Waals surface area contributed by atoms with Crippen molar-refractivity contribution in [3.63, 3.8) is 0 Å². The van der Waals surface area contributed by atoms with Crippen molar-refractivity contribution in [3.05, 3.63) is 264 Å². The fraction of sp³-hybridized carbons (Fsp3) is 0.0833. The predicted octanol–water partition coefficient (Wildman–Crippen LogP) is 9.76. The molecular formula is C60H55N13O16S3. The Bertz CT molecular complexity index is 4060. The number of anilines is 6. The molecule has 0 bridgehead atoms. The molecule has 0 aliphatic rings. The average molecular weight is 1310 g/mol. The van der Waals surface area contributed by atoms with E-state index in [1.54, 1.807) is 71.3 Å². The van der Waals surface area contributed by atoms with Gasteiger partial charge >= 0.3 is 0 Å². The molecule has 0 unspecified atom stereocenters. The van der Waals surface area contributed by atoms with Gasteiger partial charge in [0.25, 0.3) is 64.9 Å². The van der Waals surface area contributed by atoms with E-state index in [4.69, 9.17) is 0 Å². The Kier molecular flexibility index (Phi) is 23.6. The van der Waals surface area contributed by atoms with Crippen molar-refractivity contribution in [2.45, 2.75) is 35.5 Å². The summed E-state index contributed by atoms with van der Waals surface area (Å²) in [6, 6.07) is 43.2. The van der Waals surface area contributed by atoms with Crippen molar-refractivity contribution >= 4 is 106 Å². The van der Waals surface area contributed by atoms with Crippen molar-refractivity contribution in [1.82, 2.24) is 19.9 Å². The lowest BCUT2D eigenvalue weighted by Gasteiger charge is -2.12. The number of benzene rings is 6. The first-order chi connectivity index (χ1) is 43.5. The summed E-state index contributed by atoms with van der Waals surface area (Å²) in [6.07, 6.45) is 5.12. The summed E-state index contributed by atoms with van der Waals surface area (Å²) < 4.78 is 83.4. The molecule has 9 aromatic rings. The van der Waals surface area contributed by atoms with E-state index in [1.807, 2.05) is 0 Å². The number of carbonyl (C=O) groups excluding carboxylic acids is 4. The number of hydrogen-bond acceptors (Lipinski definition) is 19. The quantitative estimate of drug-likeness (QED) is 0.0249. The van der Waals surface area contributed by atoms with Gasteiger partial charge in [-0.15, -0.1) is 0 Å². The van der Waals surface area contributed by atoms with Crippen molar-refractivity contribution in [3.8, 4) is 0 Å². The van der Waals surface area contributed by atoms with E-state index >= 15 is 0 Å². The molecule has 474 valence electrons. The van der Waals surface area contributed by atoms with Crippen molar-refractivity contribution in [1.29, 1.82) is 0 Å². The first-order valence-electron chi connectivity index (χ1n) is 26.5. The first kappa shape index (κ1) is 69.2. The van der Waals surface area contributed by atoms with E-state index in [0.717, 1.165) is 6.41 Å². The van der Waals surface area contributed by atoms with E-state index in [9.17, 15) is 74.8 Å². The first-order valence-corrected chi connectivity index (χ1v) is 30.9. The monoisotopic (exact) mass is 1310 g/mol. The molecule has 0 fully saturated rings. The summed E-state index contributed by atoms with van der Waals surface area (Å²) in [4.78, 5) is 90.5. The van der Waals surface area contributed by atoms with Crippen LogP contribution in [0.1, 0.15) is 47.8 Å². The number of aryl methyl sites for hydroxylation is 3. The molecular weight excluding hydrogens is 1250 g/mol. The topological polar surface area (TPSA) is 414 Å². The van der Waals surface area contributed by atoms with Gasteiger partial charge in [0.1, 0.15) is 17.5 Å². The number of amides is 4. The van der Waals surface area contributed by atoms with E-state index in [-0.39, 0.29) is 65.9 Å². The minimum absolute atomic E-state index is 0.0560. The van der Waals surface area contributed by atoms with Crippen LogP contribution < -0.4 is 30.1 Å². The van der Waals surface area contributed by atoms with Crippen molar-refractivity contribution in [2.24, 2.45) is 0 Å². The molecule has 6 aromatic carbocycles. The summed E-state index contributed by atoms with van der Waals surface area (Å²) in [5.41, 5.74) is 2.46. The highest BCUT2D eigenvalue weighted by Gasteiger charge is 2.24. The van der Waals surface area contributed by atoms with Crippen LogP contribution in [0.3, 0.4) is 0 Å². The second-order valence-electron chi connectivity index (χ2n) is 19.2. The lowest BCUT2D eigenvalue weighted by Crippen LogP contribution is -2.17. The number of nitrogens with zero attached hydrogens (tertiary/aromatic N) is 7. The zero-order chi connectivity index (χ0) is 67.3. The molecule has 0 saturated carbocycles. The van der Waals surface area contributed by atoms with Gasteiger partial charge in [-0.25, -0.2) is 40.2 Å². The average Bonchev–Trinajstić information content (AvgIpc) is 1.12. The molecule has 0 atom stereocenters. The number of pyridine rings is 3. The number of hydrogen-bond donors (Lipinski definition) is 6. The molecule has 4 amide bonds. The Hall–Kier alpha value is -11.9. The van der Waals surface area contributed by atoms with E-state index < -0.39 is 62.6 Å². The highest BCUT2D eigenvalue weighted by atomic mass is 32.2. The zero-order valence-corrected chi connectivity index (χ0v) is 51.5. The van der Waals surface area contributed by atoms with E-state index in [2.05, 4.69) is 45.1 Å². The third-order valence-electron chi connectivity index (χ3n) is 12.1. The summed E-state index contributed by atoms with van der Waals surface area (Å²) in [5.74, 6) is -1.16. The fourth-order valence-electron chi connectivity index (χ4n) is 7.55. The van der Waals surface area contributed by atoms with Gasteiger partial charge in [0.05, 0.1) is 29.5 Å². The molecule has 0 aliphatic carbocycles. The second-order valence-corrected chi connectivity index (χ2v) is 24.2. The van der Waals surface area contributed by atoms with Crippen molar-refractivity contribution in [2.75, 3.05) is 44.2 Å². The highest BCUT2D eigenvalue weighted by molar-refractivity contribution is 7.93. The van der Waals surface area contributed by atoms with Crippen LogP contribution in [0.4, 0.5) is 51.6 Å². The van der Waals surface area contributed by atoms with Crippen LogP contribution in [0.15, 0.2) is 215 Å². The minimum atomic E-state index is -3.96. The Morgan fingerprint density at radius 1 is 0.402 bits per heavy atom. The minimum Gasteiger partial charge on any atom is -0.351 e. The molecule has 3 aromatic heterocycles. The standard InChI is InChI=1S/3C19H16N4O5S.C3H7NO/c3*1-13-5-6-14(19(24)21-15-7-9-16(10-8-15)23(25)26)12-17(13)29(27,28)22-18-4-2-3-11-20-18;1-4(2)3-5/h3*2-12H,1H3,(H,20,22)(H,21,24);3H,1-2H3.